The number of hydrogen-bond acceptors (Lipinski definition) is 6. The Kier molecular flexibility index (Phi) is 4.11. The van der Waals surface area contributed by atoms with Crippen molar-refractivity contribution in [3.05, 3.63) is 48.4 Å². The second-order valence-corrected chi connectivity index (χ2v) is 6.61. The number of nitrogens with zero attached hydrogens (tertiary/aromatic N) is 5. The van der Waals surface area contributed by atoms with E-state index in [1.54, 1.807) is 18.2 Å². The highest BCUT2D eigenvalue weighted by atomic mass is 16.5. The van der Waals surface area contributed by atoms with Crippen LogP contribution in [0.5, 0.6) is 0 Å². The van der Waals surface area contributed by atoms with Gasteiger partial charge in [0.25, 0.3) is 5.91 Å². The van der Waals surface area contributed by atoms with E-state index in [1.807, 2.05) is 6.07 Å². The van der Waals surface area contributed by atoms with Crippen molar-refractivity contribution in [2.24, 2.45) is 5.41 Å². The molecule has 0 unspecified atom stereocenters. The van der Waals surface area contributed by atoms with Crippen molar-refractivity contribution in [3.63, 3.8) is 0 Å². The van der Waals surface area contributed by atoms with E-state index in [2.05, 4.69) is 46.4 Å². The lowest BCUT2D eigenvalue weighted by Crippen LogP contribution is -2.23. The van der Waals surface area contributed by atoms with Crippen LogP contribution < -0.4 is 5.43 Å². The highest BCUT2D eigenvalue weighted by Crippen LogP contribution is 2.22. The molecule has 0 aliphatic heterocycles. The number of amides is 1. The van der Waals surface area contributed by atoms with Crippen molar-refractivity contribution >= 4 is 5.91 Å². The summed E-state index contributed by atoms with van der Waals surface area (Å²) in [6.07, 6.45) is 3.43. The smallest absolute Gasteiger partial charge is 0.271 e. The molecule has 0 aliphatic carbocycles. The van der Waals surface area contributed by atoms with E-state index in [4.69, 9.17) is 4.52 Å². The van der Waals surface area contributed by atoms with Gasteiger partial charge in [-0.2, -0.15) is 9.77 Å². The minimum Gasteiger partial charge on any atom is -0.339 e. The van der Waals surface area contributed by atoms with E-state index in [1.165, 1.54) is 17.4 Å². The van der Waals surface area contributed by atoms with Gasteiger partial charge in [-0.05, 0) is 17.5 Å². The Morgan fingerprint density at radius 1 is 1.33 bits per heavy atom. The van der Waals surface area contributed by atoms with Crippen LogP contribution in [0.2, 0.25) is 0 Å². The maximum Gasteiger partial charge on any atom is 0.271 e. The minimum atomic E-state index is -0.305. The molecule has 1 N–H and O–H groups in total. The summed E-state index contributed by atoms with van der Waals surface area (Å²) in [6.45, 7) is 6.31. The number of aromatic nitrogens is 5. The summed E-state index contributed by atoms with van der Waals surface area (Å²) >= 11 is 0. The van der Waals surface area contributed by atoms with Crippen LogP contribution in [0.15, 0.2) is 41.4 Å². The maximum atomic E-state index is 12.2. The lowest BCUT2D eigenvalue weighted by molar-refractivity contribution is 0.100. The van der Waals surface area contributed by atoms with Crippen molar-refractivity contribution in [1.29, 1.82) is 0 Å². The van der Waals surface area contributed by atoms with Gasteiger partial charge in [-0.3, -0.25) is 4.79 Å². The first-order valence-corrected chi connectivity index (χ1v) is 7.50. The second kappa shape index (κ2) is 6.23. The van der Waals surface area contributed by atoms with E-state index in [9.17, 15) is 4.79 Å². The number of hydrogen-bond donors (Lipinski definition) is 1. The molecule has 0 fully saturated rings. The summed E-state index contributed by atoms with van der Waals surface area (Å²) in [5, 5.41) is 7.84. The Balaban J connectivity index is 1.79. The third-order valence-electron chi connectivity index (χ3n) is 3.17. The van der Waals surface area contributed by atoms with Crippen molar-refractivity contribution < 1.29 is 9.32 Å². The van der Waals surface area contributed by atoms with Crippen LogP contribution >= 0.6 is 0 Å². The van der Waals surface area contributed by atoms with Crippen LogP contribution in [-0.2, 0) is 6.42 Å². The third-order valence-corrected chi connectivity index (χ3v) is 3.17. The van der Waals surface area contributed by atoms with E-state index in [-0.39, 0.29) is 11.3 Å². The van der Waals surface area contributed by atoms with Gasteiger partial charge in [0, 0.05) is 17.5 Å². The molecule has 0 saturated carbocycles. The van der Waals surface area contributed by atoms with Crippen LogP contribution in [0.25, 0.3) is 11.4 Å². The Morgan fingerprint density at radius 3 is 2.88 bits per heavy atom. The predicted octanol–water partition coefficient (Wildman–Crippen LogP) is 2.30. The number of carbonyl (C=O) groups is 1. The molecule has 3 rings (SSSR count). The van der Waals surface area contributed by atoms with Crippen LogP contribution in [0.4, 0.5) is 0 Å². The lowest BCUT2D eigenvalue weighted by Gasteiger charge is -2.13. The van der Waals surface area contributed by atoms with Crippen LogP contribution in [0, 0.1) is 5.41 Å². The van der Waals surface area contributed by atoms with Crippen molar-refractivity contribution in [2.75, 3.05) is 5.43 Å². The molecule has 8 nitrogen and oxygen atoms in total. The number of rotatable bonds is 4. The number of carbonyl (C=O) groups excluding carboxylic acids is 1. The summed E-state index contributed by atoms with van der Waals surface area (Å²) in [6, 6.07) is 7.01. The van der Waals surface area contributed by atoms with Gasteiger partial charge in [0.15, 0.2) is 0 Å². The van der Waals surface area contributed by atoms with Gasteiger partial charge in [-0.1, -0.05) is 38.1 Å². The molecule has 0 atom stereocenters. The SMILES string of the molecule is CC(C)(C)Cc1nc(-c2cccc(C(=O)Nn3cncn3)c2)no1. The fraction of sp³-hybridized carbons (Fsp3) is 0.312. The Hall–Kier alpha value is -3.03. The van der Waals surface area contributed by atoms with Crippen molar-refractivity contribution in [2.45, 2.75) is 27.2 Å². The average Bonchev–Trinajstić information content (AvgIpc) is 3.17. The molecule has 124 valence electrons. The largest absolute Gasteiger partial charge is 0.339 e. The maximum absolute atomic E-state index is 12.2. The summed E-state index contributed by atoms with van der Waals surface area (Å²) in [5.74, 6) is 0.736. The molecule has 1 aromatic carbocycles. The molecular formula is C16H18N6O2. The monoisotopic (exact) mass is 326 g/mol. The highest BCUT2D eigenvalue weighted by molar-refractivity contribution is 6.00. The standard InChI is InChI=1S/C16H18N6O2/c1-16(2,3)8-13-19-14(21-24-13)11-5-4-6-12(7-11)15(23)20-22-10-17-9-18-22/h4-7,9-10H,8H2,1-3H3,(H,20,23). The molecule has 0 saturated heterocycles. The van der Waals surface area contributed by atoms with Gasteiger partial charge in [0.1, 0.15) is 12.7 Å². The summed E-state index contributed by atoms with van der Waals surface area (Å²) in [4.78, 5) is 21.6. The van der Waals surface area contributed by atoms with Gasteiger partial charge in [-0.15, -0.1) is 5.10 Å². The molecule has 24 heavy (non-hydrogen) atoms. The molecule has 2 heterocycles. The van der Waals surface area contributed by atoms with E-state index in [0.29, 0.717) is 29.3 Å². The van der Waals surface area contributed by atoms with E-state index in [0.717, 1.165) is 0 Å². The Bertz CT molecular complexity index is 832. The fourth-order valence-electron chi connectivity index (χ4n) is 2.13. The zero-order valence-corrected chi connectivity index (χ0v) is 13.7. The number of benzene rings is 1. The fourth-order valence-corrected chi connectivity index (χ4v) is 2.13. The van der Waals surface area contributed by atoms with Gasteiger partial charge < -0.3 is 4.52 Å². The summed E-state index contributed by atoms with van der Waals surface area (Å²) in [7, 11) is 0. The topological polar surface area (TPSA) is 98.7 Å². The average molecular weight is 326 g/mol. The Labute approximate surface area is 138 Å². The quantitative estimate of drug-likeness (QED) is 0.790. The first-order chi connectivity index (χ1) is 11.4. The van der Waals surface area contributed by atoms with Crippen LogP contribution in [0.3, 0.4) is 0 Å². The van der Waals surface area contributed by atoms with Gasteiger partial charge in [-0.25, -0.2) is 10.4 Å². The molecule has 0 spiro atoms. The Morgan fingerprint density at radius 2 is 2.17 bits per heavy atom. The van der Waals surface area contributed by atoms with Gasteiger partial charge in [0.2, 0.25) is 11.7 Å². The normalized spacial score (nSPS) is 11.5. The molecule has 0 bridgehead atoms. The first-order valence-electron chi connectivity index (χ1n) is 7.50. The zero-order valence-electron chi connectivity index (χ0n) is 13.7. The van der Waals surface area contributed by atoms with Crippen LogP contribution in [-0.4, -0.2) is 30.9 Å². The molecule has 0 radical (unpaired) electrons. The minimum absolute atomic E-state index is 0.0589. The van der Waals surface area contributed by atoms with Crippen molar-refractivity contribution in [1.82, 2.24) is 25.0 Å². The number of nitrogens with one attached hydrogen (secondary N) is 1. The summed E-state index contributed by atoms with van der Waals surface area (Å²) < 4.78 is 5.30. The van der Waals surface area contributed by atoms with Crippen LogP contribution in [0.1, 0.15) is 37.0 Å². The molecule has 0 aliphatic rings. The van der Waals surface area contributed by atoms with Gasteiger partial charge >= 0.3 is 0 Å². The predicted molar refractivity (Wildman–Crippen MR) is 86.6 cm³/mol. The third kappa shape index (κ3) is 3.83. The first kappa shape index (κ1) is 15.9. The molecule has 2 aromatic heterocycles. The molecular weight excluding hydrogens is 308 g/mol. The highest BCUT2D eigenvalue weighted by Gasteiger charge is 2.18. The molecule has 3 aromatic rings. The summed E-state index contributed by atoms with van der Waals surface area (Å²) in [5.41, 5.74) is 3.83. The molecule has 8 heteroatoms. The van der Waals surface area contributed by atoms with E-state index < -0.39 is 0 Å². The molecule has 1 amide bonds. The second-order valence-electron chi connectivity index (χ2n) is 6.61. The zero-order chi connectivity index (χ0) is 17.2. The van der Waals surface area contributed by atoms with E-state index >= 15 is 0 Å². The van der Waals surface area contributed by atoms with Gasteiger partial charge in [0.05, 0.1) is 0 Å². The van der Waals surface area contributed by atoms with Crippen molar-refractivity contribution in [3.8, 4) is 11.4 Å². The lowest BCUT2D eigenvalue weighted by atomic mass is 9.92.